The summed E-state index contributed by atoms with van der Waals surface area (Å²) in [4.78, 5) is 11.8. The number of rotatable bonds is 8. The Morgan fingerprint density at radius 3 is 2.47 bits per heavy atom. The van der Waals surface area contributed by atoms with Gasteiger partial charge in [-0.05, 0) is 6.42 Å². The van der Waals surface area contributed by atoms with Gasteiger partial charge < -0.3 is 4.74 Å². The summed E-state index contributed by atoms with van der Waals surface area (Å²) < 4.78 is 31.1. The Bertz CT molecular complexity index is 499. The molecule has 19 heavy (non-hydrogen) atoms. The number of ether oxygens (including phenoxy) is 1. The number of hydrogen-bond donors (Lipinski definition) is 1. The molecule has 0 aliphatic heterocycles. The molecule has 0 saturated heterocycles. The van der Waals surface area contributed by atoms with E-state index >= 15 is 0 Å². The van der Waals surface area contributed by atoms with Crippen LogP contribution in [0.25, 0.3) is 0 Å². The van der Waals surface area contributed by atoms with Crippen molar-refractivity contribution in [3.8, 4) is 0 Å². The van der Waals surface area contributed by atoms with Gasteiger partial charge in [0.1, 0.15) is 5.75 Å². The molecule has 5 nitrogen and oxygen atoms in total. The third-order valence-electron chi connectivity index (χ3n) is 2.62. The highest BCUT2D eigenvalue weighted by molar-refractivity contribution is 7.90. The summed E-state index contributed by atoms with van der Waals surface area (Å²) in [7, 11) is -2.14. The Morgan fingerprint density at radius 1 is 1.32 bits per heavy atom. The molecule has 0 fully saturated rings. The van der Waals surface area contributed by atoms with E-state index in [9.17, 15) is 13.2 Å². The van der Waals surface area contributed by atoms with Gasteiger partial charge in [0.25, 0.3) is 0 Å². The molecule has 0 aromatic heterocycles. The predicted octanol–water partition coefficient (Wildman–Crippen LogP) is 1.21. The Balaban J connectivity index is 2.67. The van der Waals surface area contributed by atoms with Gasteiger partial charge >= 0.3 is 0 Å². The van der Waals surface area contributed by atoms with Crippen molar-refractivity contribution in [3.63, 3.8) is 0 Å². The van der Waals surface area contributed by atoms with Gasteiger partial charge in [0.2, 0.25) is 10.0 Å². The monoisotopic (exact) mass is 285 g/mol. The summed E-state index contributed by atoms with van der Waals surface area (Å²) in [6.45, 7) is 2.14. The number of hydrogen-bond acceptors (Lipinski definition) is 4. The van der Waals surface area contributed by atoms with Crippen LogP contribution in [0, 0.1) is 0 Å². The number of carbonyl (C=O) groups excluding carboxylic acids is 1. The molecule has 1 N–H and O–H groups in total. The van der Waals surface area contributed by atoms with E-state index in [-0.39, 0.29) is 12.6 Å². The first-order valence-electron chi connectivity index (χ1n) is 6.05. The first-order valence-corrected chi connectivity index (χ1v) is 7.71. The summed E-state index contributed by atoms with van der Waals surface area (Å²) in [5, 5.41) is 0. The van der Waals surface area contributed by atoms with Gasteiger partial charge in [-0.2, -0.15) is 0 Å². The summed E-state index contributed by atoms with van der Waals surface area (Å²) in [5.41, 5.74) is 0.396. The highest BCUT2D eigenvalue weighted by Crippen LogP contribution is 2.03. The maximum Gasteiger partial charge on any atom is 0.219 e. The lowest BCUT2D eigenvalue weighted by Crippen LogP contribution is -2.40. The van der Waals surface area contributed by atoms with Gasteiger partial charge in [-0.25, -0.2) is 13.1 Å². The smallest absolute Gasteiger partial charge is 0.219 e. The molecule has 0 amide bonds. The Labute approximate surface area is 114 Å². The number of nitrogens with one attached hydrogen (secondary N) is 1. The van der Waals surface area contributed by atoms with Crippen LogP contribution in [0.4, 0.5) is 0 Å². The van der Waals surface area contributed by atoms with Crippen LogP contribution in [0.2, 0.25) is 0 Å². The van der Waals surface area contributed by atoms with Crippen molar-refractivity contribution in [1.29, 1.82) is 0 Å². The molecule has 6 heteroatoms. The van der Waals surface area contributed by atoms with Crippen LogP contribution in [0.5, 0.6) is 0 Å². The van der Waals surface area contributed by atoms with E-state index in [0.29, 0.717) is 12.0 Å². The van der Waals surface area contributed by atoms with Gasteiger partial charge in [-0.15, -0.1) is 0 Å². The highest BCUT2D eigenvalue weighted by atomic mass is 32.2. The van der Waals surface area contributed by atoms with Crippen molar-refractivity contribution in [1.82, 2.24) is 4.72 Å². The molecule has 1 atom stereocenters. The van der Waals surface area contributed by atoms with E-state index < -0.39 is 21.6 Å². The third-order valence-corrected chi connectivity index (χ3v) is 3.96. The quantitative estimate of drug-likeness (QED) is 0.729. The van der Waals surface area contributed by atoms with Crippen LogP contribution in [0.1, 0.15) is 23.7 Å². The van der Waals surface area contributed by atoms with Crippen molar-refractivity contribution in [2.24, 2.45) is 0 Å². The minimum atomic E-state index is -3.64. The summed E-state index contributed by atoms with van der Waals surface area (Å²) in [6, 6.07) is 8.07. The van der Waals surface area contributed by atoms with Crippen LogP contribution < -0.4 is 4.72 Å². The molecule has 0 bridgehead atoms. The van der Waals surface area contributed by atoms with Gasteiger partial charge in [0, 0.05) is 18.7 Å². The molecule has 0 spiro atoms. The molecular weight excluding hydrogens is 266 g/mol. The number of benzene rings is 1. The number of carbonyl (C=O) groups is 1. The van der Waals surface area contributed by atoms with Crippen LogP contribution >= 0.6 is 0 Å². The van der Waals surface area contributed by atoms with Crippen LogP contribution in [0.3, 0.4) is 0 Å². The average molecular weight is 285 g/mol. The minimum absolute atomic E-state index is 0.287. The predicted molar refractivity (Wildman–Crippen MR) is 73.7 cm³/mol. The van der Waals surface area contributed by atoms with Crippen molar-refractivity contribution < 1.29 is 17.9 Å². The maximum absolute atomic E-state index is 11.9. The SMILES string of the molecule is CCC(COC)NS(=O)(=O)CC(=O)c1ccccc1. The lowest BCUT2D eigenvalue weighted by Gasteiger charge is -2.15. The number of ketones is 1. The summed E-state index contributed by atoms with van der Waals surface area (Å²) in [6.07, 6.45) is 0.604. The van der Waals surface area contributed by atoms with Crippen molar-refractivity contribution >= 4 is 15.8 Å². The van der Waals surface area contributed by atoms with Gasteiger partial charge in [-0.1, -0.05) is 37.3 Å². The molecular formula is C13H19NO4S. The molecule has 1 rings (SSSR count). The van der Waals surface area contributed by atoms with Crippen molar-refractivity contribution in [2.75, 3.05) is 19.5 Å². The number of methoxy groups -OCH3 is 1. The lowest BCUT2D eigenvalue weighted by molar-refractivity contribution is 0.102. The summed E-state index contributed by atoms with van der Waals surface area (Å²) in [5.74, 6) is -0.961. The maximum atomic E-state index is 11.9. The molecule has 0 heterocycles. The Morgan fingerprint density at radius 2 is 1.95 bits per heavy atom. The highest BCUT2D eigenvalue weighted by Gasteiger charge is 2.21. The second-order valence-corrected chi connectivity index (χ2v) is 5.98. The molecule has 1 unspecified atom stereocenters. The first-order chi connectivity index (χ1) is 8.98. The van der Waals surface area contributed by atoms with Gasteiger partial charge in [0.05, 0.1) is 6.61 Å². The van der Waals surface area contributed by atoms with Gasteiger partial charge in [-0.3, -0.25) is 4.79 Å². The van der Waals surface area contributed by atoms with Crippen LogP contribution in [-0.4, -0.2) is 39.7 Å². The number of sulfonamides is 1. The van der Waals surface area contributed by atoms with E-state index in [1.807, 2.05) is 6.92 Å². The van der Waals surface area contributed by atoms with E-state index in [2.05, 4.69) is 4.72 Å². The first kappa shape index (κ1) is 15.8. The fraction of sp³-hybridized carbons (Fsp3) is 0.462. The second-order valence-electron chi connectivity index (χ2n) is 4.23. The molecule has 0 aliphatic rings. The molecule has 0 saturated carbocycles. The zero-order chi connectivity index (χ0) is 14.3. The minimum Gasteiger partial charge on any atom is -0.383 e. The van der Waals surface area contributed by atoms with E-state index in [1.54, 1.807) is 30.3 Å². The fourth-order valence-corrected chi connectivity index (χ4v) is 2.95. The largest absolute Gasteiger partial charge is 0.383 e. The molecule has 106 valence electrons. The van der Waals surface area contributed by atoms with Crippen LogP contribution in [0.15, 0.2) is 30.3 Å². The molecule has 0 radical (unpaired) electrons. The number of Topliss-reactive ketones (excluding diaryl/α,β-unsaturated/α-hetero) is 1. The topological polar surface area (TPSA) is 72.5 Å². The second kappa shape index (κ2) is 7.37. The zero-order valence-corrected chi connectivity index (χ0v) is 11.9. The average Bonchev–Trinajstić information content (AvgIpc) is 2.38. The molecule has 1 aromatic rings. The lowest BCUT2D eigenvalue weighted by atomic mass is 10.2. The standard InChI is InChI=1S/C13H19NO4S/c1-3-12(9-18-2)14-19(16,17)10-13(15)11-7-5-4-6-8-11/h4-8,12,14H,3,9-10H2,1-2H3. The fourth-order valence-electron chi connectivity index (χ4n) is 1.61. The third kappa shape index (κ3) is 5.50. The molecule has 0 aliphatic carbocycles. The van der Waals surface area contributed by atoms with Crippen molar-refractivity contribution in [2.45, 2.75) is 19.4 Å². The summed E-state index contributed by atoms with van der Waals surface area (Å²) >= 11 is 0. The van der Waals surface area contributed by atoms with Gasteiger partial charge in [0.15, 0.2) is 5.78 Å². The Hall–Kier alpha value is -1.24. The normalized spacial score (nSPS) is 13.2. The van der Waals surface area contributed by atoms with E-state index in [4.69, 9.17) is 4.74 Å². The zero-order valence-electron chi connectivity index (χ0n) is 11.1. The Kier molecular flexibility index (Phi) is 6.14. The molecule has 1 aromatic carbocycles. The van der Waals surface area contributed by atoms with Crippen LogP contribution in [-0.2, 0) is 14.8 Å². The van der Waals surface area contributed by atoms with Crippen molar-refractivity contribution in [3.05, 3.63) is 35.9 Å². The van der Waals surface area contributed by atoms with E-state index in [1.165, 1.54) is 7.11 Å². The van der Waals surface area contributed by atoms with E-state index in [0.717, 1.165) is 0 Å².